The molecule has 178 valence electrons. The maximum atomic E-state index is 12.7. The number of methoxy groups -OCH3 is 1. The van der Waals surface area contributed by atoms with Gasteiger partial charge in [-0.15, -0.1) is 0 Å². The van der Waals surface area contributed by atoms with Gasteiger partial charge in [-0.2, -0.15) is 0 Å². The third-order valence-electron chi connectivity index (χ3n) is 4.95. The zero-order valence-electron chi connectivity index (χ0n) is 19.8. The third-order valence-corrected chi connectivity index (χ3v) is 4.95. The van der Waals surface area contributed by atoms with Crippen molar-refractivity contribution in [2.24, 2.45) is 0 Å². The van der Waals surface area contributed by atoms with E-state index in [0.29, 0.717) is 11.1 Å². The molecule has 0 aliphatic heterocycles. The molecule has 1 N–H and O–H groups in total. The average Bonchev–Trinajstić information content (AvgIpc) is 2.70. The van der Waals surface area contributed by atoms with Crippen LogP contribution in [0.5, 0.6) is 11.5 Å². The Kier molecular flexibility index (Phi) is 7.36. The molecule has 1 unspecified atom stereocenters. The SMILES string of the molecule is COC(=O)C(OC(=O)Oc1cc(C(C)(C)C)c(O)cc1C(C)(C)C)c1ccccc1[N+](=O)[O-]. The van der Waals surface area contributed by atoms with E-state index in [9.17, 15) is 24.8 Å². The summed E-state index contributed by atoms with van der Waals surface area (Å²) >= 11 is 0. The van der Waals surface area contributed by atoms with E-state index in [1.54, 1.807) is 6.07 Å². The number of carbonyl (C=O) groups excluding carboxylic acids is 2. The van der Waals surface area contributed by atoms with Gasteiger partial charge in [0.25, 0.3) is 5.69 Å². The van der Waals surface area contributed by atoms with E-state index in [2.05, 4.69) is 4.74 Å². The van der Waals surface area contributed by atoms with Crippen molar-refractivity contribution in [3.63, 3.8) is 0 Å². The van der Waals surface area contributed by atoms with E-state index in [0.717, 1.165) is 7.11 Å². The van der Waals surface area contributed by atoms with Gasteiger partial charge in [0, 0.05) is 17.2 Å². The second-order valence-electron chi connectivity index (χ2n) is 9.55. The summed E-state index contributed by atoms with van der Waals surface area (Å²) in [5.74, 6) is -0.805. The van der Waals surface area contributed by atoms with E-state index in [-0.39, 0.29) is 17.1 Å². The Morgan fingerprint density at radius 3 is 2.09 bits per heavy atom. The van der Waals surface area contributed by atoms with Crippen LogP contribution < -0.4 is 4.74 Å². The fraction of sp³-hybridized carbons (Fsp3) is 0.417. The number of para-hydroxylation sites is 1. The minimum Gasteiger partial charge on any atom is -0.508 e. The van der Waals surface area contributed by atoms with Crippen LogP contribution in [-0.2, 0) is 25.1 Å². The van der Waals surface area contributed by atoms with Gasteiger partial charge in [0.15, 0.2) is 0 Å². The molecular formula is C24H29NO8. The fourth-order valence-corrected chi connectivity index (χ4v) is 3.27. The molecular weight excluding hydrogens is 430 g/mol. The normalized spacial score (nSPS) is 12.6. The fourth-order valence-electron chi connectivity index (χ4n) is 3.27. The molecule has 2 rings (SSSR count). The lowest BCUT2D eigenvalue weighted by Crippen LogP contribution is -2.25. The highest BCUT2D eigenvalue weighted by atomic mass is 16.7. The van der Waals surface area contributed by atoms with Gasteiger partial charge in [0.1, 0.15) is 11.5 Å². The van der Waals surface area contributed by atoms with Crippen molar-refractivity contribution in [1.82, 2.24) is 0 Å². The number of rotatable bonds is 5. The molecule has 9 heteroatoms. The zero-order chi connectivity index (χ0) is 25.1. The van der Waals surface area contributed by atoms with Gasteiger partial charge in [0.2, 0.25) is 6.10 Å². The number of nitrogens with zero attached hydrogens (tertiary/aromatic N) is 1. The van der Waals surface area contributed by atoms with E-state index in [1.165, 1.54) is 30.3 Å². The topological polar surface area (TPSA) is 125 Å². The Bertz CT molecular complexity index is 1060. The lowest BCUT2D eigenvalue weighted by molar-refractivity contribution is -0.386. The standard InChI is InChI=1S/C24H29NO8/c1-23(2,3)15-13-19(16(12-18(15)26)24(4,5)6)32-22(28)33-20(21(27)31-7)14-10-8-9-11-17(14)25(29)30/h8-13,20,26H,1-7H3. The zero-order valence-corrected chi connectivity index (χ0v) is 19.8. The van der Waals surface area contributed by atoms with Crippen molar-refractivity contribution in [2.45, 2.75) is 58.5 Å². The van der Waals surface area contributed by atoms with Crippen LogP contribution >= 0.6 is 0 Å². The summed E-state index contributed by atoms with van der Waals surface area (Å²) < 4.78 is 15.3. The highest BCUT2D eigenvalue weighted by Crippen LogP contribution is 2.41. The first kappa shape index (κ1) is 25.6. The van der Waals surface area contributed by atoms with Crippen LogP contribution in [0.3, 0.4) is 0 Å². The monoisotopic (exact) mass is 459 g/mol. The van der Waals surface area contributed by atoms with E-state index in [4.69, 9.17) is 9.47 Å². The van der Waals surface area contributed by atoms with Crippen molar-refractivity contribution in [3.8, 4) is 11.5 Å². The van der Waals surface area contributed by atoms with E-state index >= 15 is 0 Å². The molecule has 0 radical (unpaired) electrons. The Morgan fingerprint density at radius 2 is 1.58 bits per heavy atom. The predicted molar refractivity (Wildman–Crippen MR) is 120 cm³/mol. The maximum Gasteiger partial charge on any atom is 0.515 e. The van der Waals surface area contributed by atoms with Crippen molar-refractivity contribution in [2.75, 3.05) is 7.11 Å². The number of nitro benzene ring substituents is 1. The van der Waals surface area contributed by atoms with Gasteiger partial charge in [-0.3, -0.25) is 10.1 Å². The molecule has 0 saturated heterocycles. The van der Waals surface area contributed by atoms with Crippen molar-refractivity contribution < 1.29 is 33.8 Å². The van der Waals surface area contributed by atoms with Crippen LogP contribution in [-0.4, -0.2) is 29.3 Å². The first-order valence-corrected chi connectivity index (χ1v) is 10.2. The van der Waals surface area contributed by atoms with Crippen molar-refractivity contribution in [3.05, 3.63) is 63.2 Å². The maximum absolute atomic E-state index is 12.7. The summed E-state index contributed by atoms with van der Waals surface area (Å²) in [5, 5.41) is 21.9. The summed E-state index contributed by atoms with van der Waals surface area (Å²) in [6.07, 6.45) is -2.96. The number of carbonyl (C=O) groups is 2. The first-order chi connectivity index (χ1) is 15.2. The second-order valence-corrected chi connectivity index (χ2v) is 9.55. The summed E-state index contributed by atoms with van der Waals surface area (Å²) in [4.78, 5) is 35.8. The lowest BCUT2D eigenvalue weighted by atomic mass is 9.81. The van der Waals surface area contributed by atoms with Crippen LogP contribution in [0, 0.1) is 10.1 Å². The summed E-state index contributed by atoms with van der Waals surface area (Å²) in [6.45, 7) is 11.3. The smallest absolute Gasteiger partial charge is 0.508 e. The number of ether oxygens (including phenoxy) is 3. The molecule has 2 aromatic rings. The first-order valence-electron chi connectivity index (χ1n) is 10.2. The highest BCUT2D eigenvalue weighted by molar-refractivity contribution is 5.81. The Balaban J connectivity index is 2.48. The van der Waals surface area contributed by atoms with Gasteiger partial charge in [0.05, 0.1) is 17.6 Å². The van der Waals surface area contributed by atoms with Crippen LogP contribution in [0.2, 0.25) is 0 Å². The van der Waals surface area contributed by atoms with Gasteiger partial charge in [-0.1, -0.05) is 53.7 Å². The molecule has 0 fully saturated rings. The predicted octanol–water partition coefficient (Wildman–Crippen LogP) is 5.33. The molecule has 0 heterocycles. The number of nitro groups is 1. The molecule has 1 atom stereocenters. The van der Waals surface area contributed by atoms with Crippen LogP contribution in [0.15, 0.2) is 36.4 Å². The minimum absolute atomic E-state index is 0.0560. The van der Waals surface area contributed by atoms with Crippen molar-refractivity contribution >= 4 is 17.8 Å². The summed E-state index contributed by atoms with van der Waals surface area (Å²) in [7, 11) is 1.08. The molecule has 2 aromatic carbocycles. The quantitative estimate of drug-likeness (QED) is 0.275. The Labute approximate surface area is 192 Å². The number of aromatic hydroxyl groups is 1. The molecule has 0 saturated carbocycles. The largest absolute Gasteiger partial charge is 0.515 e. The number of phenols is 1. The molecule has 0 spiro atoms. The number of hydrogen-bond donors (Lipinski definition) is 1. The second kappa shape index (κ2) is 9.48. The van der Waals surface area contributed by atoms with Crippen molar-refractivity contribution in [1.29, 1.82) is 0 Å². The molecule has 0 amide bonds. The molecule has 0 aromatic heterocycles. The Hall–Kier alpha value is -3.62. The molecule has 9 nitrogen and oxygen atoms in total. The van der Waals surface area contributed by atoms with Gasteiger partial charge in [-0.25, -0.2) is 9.59 Å². The molecule has 33 heavy (non-hydrogen) atoms. The average molecular weight is 459 g/mol. The lowest BCUT2D eigenvalue weighted by Gasteiger charge is -2.27. The minimum atomic E-state index is -1.71. The molecule has 0 aliphatic rings. The van der Waals surface area contributed by atoms with Gasteiger partial charge in [-0.05, 0) is 29.0 Å². The van der Waals surface area contributed by atoms with Gasteiger partial charge >= 0.3 is 12.1 Å². The van der Waals surface area contributed by atoms with Crippen LogP contribution in [0.25, 0.3) is 0 Å². The number of hydrogen-bond acceptors (Lipinski definition) is 8. The van der Waals surface area contributed by atoms with Crippen LogP contribution in [0.4, 0.5) is 10.5 Å². The summed E-state index contributed by atoms with van der Waals surface area (Å²) in [6, 6.07) is 8.46. The van der Waals surface area contributed by atoms with Crippen LogP contribution in [0.1, 0.15) is 64.3 Å². The molecule has 0 aliphatic carbocycles. The number of esters is 1. The number of benzene rings is 2. The van der Waals surface area contributed by atoms with Gasteiger partial charge < -0.3 is 19.3 Å². The highest BCUT2D eigenvalue weighted by Gasteiger charge is 2.34. The third kappa shape index (κ3) is 6.00. The van der Waals surface area contributed by atoms with E-state index in [1.807, 2.05) is 41.5 Å². The summed E-state index contributed by atoms with van der Waals surface area (Å²) in [5.41, 5.74) is -0.448. The number of phenolic OH excluding ortho intramolecular Hbond substituents is 1. The molecule has 0 bridgehead atoms. The van der Waals surface area contributed by atoms with E-state index < -0.39 is 39.7 Å². The Morgan fingerprint density at radius 1 is 1.00 bits per heavy atom.